The zero-order valence-electron chi connectivity index (χ0n) is 13.0. The summed E-state index contributed by atoms with van der Waals surface area (Å²) < 4.78 is 2.22. The number of rotatable bonds is 4. The Morgan fingerprint density at radius 3 is 2.88 bits per heavy atom. The second-order valence-corrected chi connectivity index (χ2v) is 7.43. The maximum atomic E-state index is 12.2. The van der Waals surface area contributed by atoms with Crippen molar-refractivity contribution in [2.24, 2.45) is 0 Å². The van der Waals surface area contributed by atoms with E-state index in [0.717, 1.165) is 42.2 Å². The highest BCUT2D eigenvalue weighted by Gasteiger charge is 2.20. The van der Waals surface area contributed by atoms with Crippen LogP contribution >= 0.6 is 23.1 Å². The van der Waals surface area contributed by atoms with Gasteiger partial charge in [0.25, 0.3) is 5.56 Å². The van der Waals surface area contributed by atoms with Crippen LogP contribution in [0.15, 0.2) is 21.5 Å². The van der Waals surface area contributed by atoms with Crippen LogP contribution in [-0.4, -0.2) is 67.1 Å². The first kappa shape index (κ1) is 15.5. The molecular weight excluding hydrogens is 348 g/mol. The van der Waals surface area contributed by atoms with Crippen molar-refractivity contribution < 1.29 is 0 Å². The van der Waals surface area contributed by atoms with Crippen molar-refractivity contribution in [2.75, 3.05) is 37.3 Å². The van der Waals surface area contributed by atoms with Gasteiger partial charge in [-0.15, -0.1) is 5.10 Å². The topological polar surface area (TPSA) is 95.3 Å². The fraction of sp³-hybridized carbons (Fsp3) is 0.462. The Kier molecular flexibility index (Phi) is 4.21. The first-order valence-electron chi connectivity index (χ1n) is 7.49. The van der Waals surface area contributed by atoms with E-state index in [0.29, 0.717) is 11.5 Å². The summed E-state index contributed by atoms with van der Waals surface area (Å²) in [6.45, 7) is 4.19. The lowest BCUT2D eigenvalue weighted by Gasteiger charge is -2.34. The predicted octanol–water partition coefficient (Wildman–Crippen LogP) is 0.313. The highest BCUT2D eigenvalue weighted by atomic mass is 32.2. The van der Waals surface area contributed by atoms with Crippen LogP contribution in [0.1, 0.15) is 5.69 Å². The Hall–Kier alpha value is -1.98. The van der Waals surface area contributed by atoms with Crippen LogP contribution in [-0.2, 0) is 6.54 Å². The summed E-state index contributed by atoms with van der Waals surface area (Å²) in [5, 5.41) is 11.0. The van der Waals surface area contributed by atoms with Gasteiger partial charge in [0, 0.05) is 38.8 Å². The van der Waals surface area contributed by atoms with E-state index in [4.69, 9.17) is 0 Å². The van der Waals surface area contributed by atoms with Gasteiger partial charge in [0.2, 0.25) is 10.9 Å². The summed E-state index contributed by atoms with van der Waals surface area (Å²) in [6.07, 6.45) is 3.46. The molecule has 3 aromatic rings. The van der Waals surface area contributed by atoms with Gasteiger partial charge < -0.3 is 4.90 Å². The van der Waals surface area contributed by atoms with Gasteiger partial charge in [0.1, 0.15) is 6.33 Å². The van der Waals surface area contributed by atoms with Crippen LogP contribution in [0.5, 0.6) is 0 Å². The van der Waals surface area contributed by atoms with E-state index >= 15 is 0 Å². The van der Waals surface area contributed by atoms with Crippen LogP contribution in [0.3, 0.4) is 0 Å². The van der Waals surface area contributed by atoms with E-state index in [1.54, 1.807) is 6.07 Å². The lowest BCUT2D eigenvalue weighted by atomic mass is 10.3. The van der Waals surface area contributed by atoms with Gasteiger partial charge in [0.15, 0.2) is 4.34 Å². The van der Waals surface area contributed by atoms with E-state index in [1.807, 2.05) is 6.26 Å². The van der Waals surface area contributed by atoms with Gasteiger partial charge in [0.05, 0.1) is 5.69 Å². The summed E-state index contributed by atoms with van der Waals surface area (Å²) in [5.41, 5.74) is 0.677. The van der Waals surface area contributed by atoms with Gasteiger partial charge in [-0.2, -0.15) is 14.6 Å². The minimum absolute atomic E-state index is 0.119. The second kappa shape index (κ2) is 6.49. The SMILES string of the molecule is CSc1nn2c(=O)cc(CN3CCN(c4ncn[nH]4)CC3)nc2s1. The molecule has 0 bridgehead atoms. The van der Waals surface area contributed by atoms with Gasteiger partial charge in [-0.05, 0) is 6.26 Å². The van der Waals surface area contributed by atoms with Crippen molar-refractivity contribution in [3.63, 3.8) is 0 Å². The molecule has 11 heteroatoms. The second-order valence-electron chi connectivity index (χ2n) is 5.42. The van der Waals surface area contributed by atoms with Gasteiger partial charge in [-0.3, -0.25) is 9.69 Å². The van der Waals surface area contributed by atoms with Crippen LogP contribution in [0.4, 0.5) is 5.95 Å². The fourth-order valence-electron chi connectivity index (χ4n) is 2.70. The number of aromatic amines is 1. The Morgan fingerprint density at radius 2 is 2.17 bits per heavy atom. The molecule has 1 fully saturated rings. The standard InChI is InChI=1S/C13H16N8OS2/c1-23-13-18-21-10(22)6-9(16-12(21)24-13)7-19-2-4-20(5-3-19)11-14-8-15-17-11/h6,8H,2-5,7H2,1H3,(H,14,15,17). The predicted molar refractivity (Wildman–Crippen MR) is 92.8 cm³/mol. The Balaban J connectivity index is 1.46. The molecule has 4 heterocycles. The minimum Gasteiger partial charge on any atom is -0.339 e. The van der Waals surface area contributed by atoms with Gasteiger partial charge in [-0.25, -0.2) is 10.1 Å². The highest BCUT2D eigenvalue weighted by Crippen LogP contribution is 2.20. The molecule has 0 saturated carbocycles. The Labute approximate surface area is 145 Å². The average Bonchev–Trinajstić information content (AvgIpc) is 3.25. The number of anilines is 1. The molecule has 0 unspecified atom stereocenters. The molecule has 0 spiro atoms. The largest absolute Gasteiger partial charge is 0.339 e. The molecule has 1 saturated heterocycles. The van der Waals surface area contributed by atoms with E-state index < -0.39 is 0 Å². The summed E-state index contributed by atoms with van der Waals surface area (Å²) in [5.74, 6) is 0.807. The van der Waals surface area contributed by atoms with Crippen molar-refractivity contribution in [1.82, 2.24) is 34.7 Å². The monoisotopic (exact) mass is 364 g/mol. The first-order chi connectivity index (χ1) is 11.7. The minimum atomic E-state index is -0.119. The maximum Gasteiger partial charge on any atom is 0.275 e. The summed E-state index contributed by atoms with van der Waals surface area (Å²) in [7, 11) is 0. The molecule has 0 atom stereocenters. The molecule has 126 valence electrons. The van der Waals surface area contributed by atoms with Crippen molar-refractivity contribution in [3.05, 3.63) is 28.4 Å². The van der Waals surface area contributed by atoms with Crippen molar-refractivity contribution in [1.29, 1.82) is 0 Å². The molecule has 0 aromatic carbocycles. The third kappa shape index (κ3) is 3.01. The zero-order valence-corrected chi connectivity index (χ0v) is 14.7. The fourth-order valence-corrected chi connectivity index (χ4v) is 4.08. The summed E-state index contributed by atoms with van der Waals surface area (Å²) >= 11 is 2.97. The number of aromatic nitrogens is 6. The third-order valence-corrected chi connectivity index (χ3v) is 5.80. The first-order valence-corrected chi connectivity index (χ1v) is 9.53. The number of piperazine rings is 1. The number of hydrogen-bond donors (Lipinski definition) is 1. The van der Waals surface area contributed by atoms with Gasteiger partial charge >= 0.3 is 0 Å². The van der Waals surface area contributed by atoms with E-state index in [-0.39, 0.29) is 5.56 Å². The Morgan fingerprint density at radius 1 is 1.33 bits per heavy atom. The molecule has 3 aromatic heterocycles. The number of H-pyrrole nitrogens is 1. The number of hydrogen-bond acceptors (Lipinski definition) is 9. The van der Waals surface area contributed by atoms with Crippen LogP contribution in [0.2, 0.25) is 0 Å². The van der Waals surface area contributed by atoms with Crippen molar-refractivity contribution in [2.45, 2.75) is 10.9 Å². The van der Waals surface area contributed by atoms with Crippen LogP contribution in [0.25, 0.3) is 4.96 Å². The maximum absolute atomic E-state index is 12.2. The molecule has 0 amide bonds. The Bertz CT molecular complexity index is 881. The number of nitrogens with zero attached hydrogens (tertiary/aromatic N) is 7. The van der Waals surface area contributed by atoms with Crippen molar-refractivity contribution >= 4 is 34.0 Å². The van der Waals surface area contributed by atoms with Crippen LogP contribution in [0, 0.1) is 0 Å². The molecule has 1 aliphatic rings. The van der Waals surface area contributed by atoms with E-state index in [1.165, 1.54) is 33.9 Å². The molecule has 1 aliphatic heterocycles. The normalized spacial score (nSPS) is 16.1. The lowest BCUT2D eigenvalue weighted by Crippen LogP contribution is -2.46. The van der Waals surface area contributed by atoms with Crippen LogP contribution < -0.4 is 10.5 Å². The quantitative estimate of drug-likeness (QED) is 0.661. The van der Waals surface area contributed by atoms with E-state index in [9.17, 15) is 4.79 Å². The molecule has 9 nitrogen and oxygen atoms in total. The summed E-state index contributed by atoms with van der Waals surface area (Å²) in [6, 6.07) is 1.58. The summed E-state index contributed by atoms with van der Waals surface area (Å²) in [4.78, 5) is 26.1. The zero-order chi connectivity index (χ0) is 16.5. The number of fused-ring (bicyclic) bond motifs is 1. The molecule has 0 radical (unpaired) electrons. The molecule has 24 heavy (non-hydrogen) atoms. The number of thioether (sulfide) groups is 1. The third-order valence-electron chi connectivity index (χ3n) is 3.91. The van der Waals surface area contributed by atoms with E-state index in [2.05, 4.69) is 35.1 Å². The van der Waals surface area contributed by atoms with Crippen molar-refractivity contribution in [3.8, 4) is 0 Å². The molecule has 0 aliphatic carbocycles. The highest BCUT2D eigenvalue weighted by molar-refractivity contribution is 8.00. The lowest BCUT2D eigenvalue weighted by molar-refractivity contribution is 0.246. The molecular formula is C13H16N8OS2. The van der Waals surface area contributed by atoms with Gasteiger partial charge in [-0.1, -0.05) is 23.1 Å². The molecule has 4 rings (SSSR count). The molecule has 1 N–H and O–H groups in total. The number of nitrogens with one attached hydrogen (secondary N) is 1. The average molecular weight is 364 g/mol. The smallest absolute Gasteiger partial charge is 0.275 e.